The van der Waals surface area contributed by atoms with Crippen molar-refractivity contribution >= 4 is 20.9 Å². The van der Waals surface area contributed by atoms with Crippen LogP contribution in [0.15, 0.2) is 48.8 Å². The fraction of sp³-hybridized carbons (Fsp3) is 0.188. The highest BCUT2D eigenvalue weighted by Crippen LogP contribution is 2.27. The molecule has 2 heterocycles. The predicted octanol–water partition coefficient (Wildman–Crippen LogP) is 2.29. The van der Waals surface area contributed by atoms with E-state index < -0.39 is 10.0 Å². The third-order valence-corrected chi connectivity index (χ3v) is 4.25. The number of benzene rings is 1. The second-order valence-corrected chi connectivity index (χ2v) is 7.16. The first-order valence-electron chi connectivity index (χ1n) is 6.87. The SMILES string of the molecule is Cn1c(-c2cncc(CNS(C)(=O)=O)c2)cc2ccccc21. The molecule has 0 saturated heterocycles. The molecule has 0 saturated carbocycles. The first-order chi connectivity index (χ1) is 10.4. The molecule has 0 aliphatic rings. The number of hydrogen-bond acceptors (Lipinski definition) is 3. The topological polar surface area (TPSA) is 64.0 Å². The third-order valence-electron chi connectivity index (χ3n) is 3.58. The Morgan fingerprint density at radius 1 is 1.18 bits per heavy atom. The smallest absolute Gasteiger partial charge is 0.209 e. The normalized spacial score (nSPS) is 11.9. The van der Waals surface area contributed by atoms with Gasteiger partial charge in [-0.2, -0.15) is 0 Å². The van der Waals surface area contributed by atoms with E-state index >= 15 is 0 Å². The molecule has 114 valence electrons. The number of pyridine rings is 1. The average molecular weight is 315 g/mol. The molecule has 0 atom stereocenters. The fourth-order valence-electron chi connectivity index (χ4n) is 2.50. The Labute approximate surface area is 129 Å². The van der Waals surface area contributed by atoms with Crippen LogP contribution in [0.25, 0.3) is 22.2 Å². The molecule has 0 amide bonds. The summed E-state index contributed by atoms with van der Waals surface area (Å²) >= 11 is 0. The summed E-state index contributed by atoms with van der Waals surface area (Å²) in [7, 11) is -1.20. The number of nitrogens with one attached hydrogen (secondary N) is 1. The lowest BCUT2D eigenvalue weighted by Crippen LogP contribution is -2.21. The van der Waals surface area contributed by atoms with E-state index in [-0.39, 0.29) is 6.54 Å². The number of hydrogen-bond donors (Lipinski definition) is 1. The van der Waals surface area contributed by atoms with Crippen molar-refractivity contribution in [1.82, 2.24) is 14.3 Å². The van der Waals surface area contributed by atoms with Gasteiger partial charge in [0, 0.05) is 42.5 Å². The number of para-hydroxylation sites is 1. The molecule has 1 aromatic carbocycles. The van der Waals surface area contributed by atoms with E-state index in [1.54, 1.807) is 12.4 Å². The van der Waals surface area contributed by atoms with E-state index in [1.807, 2.05) is 25.2 Å². The average Bonchev–Trinajstić information content (AvgIpc) is 2.83. The van der Waals surface area contributed by atoms with E-state index in [0.29, 0.717) is 0 Å². The Bertz CT molecular complexity index is 929. The molecular formula is C16H17N3O2S. The van der Waals surface area contributed by atoms with Gasteiger partial charge in [-0.25, -0.2) is 13.1 Å². The van der Waals surface area contributed by atoms with Gasteiger partial charge in [0.25, 0.3) is 0 Å². The van der Waals surface area contributed by atoms with Gasteiger partial charge in [-0.1, -0.05) is 18.2 Å². The van der Waals surface area contributed by atoms with Crippen LogP contribution in [0, 0.1) is 0 Å². The third kappa shape index (κ3) is 3.03. The molecule has 0 bridgehead atoms. The Morgan fingerprint density at radius 2 is 1.95 bits per heavy atom. The monoisotopic (exact) mass is 315 g/mol. The number of sulfonamides is 1. The second-order valence-electron chi connectivity index (χ2n) is 5.32. The van der Waals surface area contributed by atoms with Crippen molar-refractivity contribution in [3.05, 3.63) is 54.4 Å². The Kier molecular flexibility index (Phi) is 3.72. The zero-order chi connectivity index (χ0) is 15.7. The standard InChI is InChI=1S/C16H17N3O2S/c1-19-15-6-4-3-5-13(15)8-16(19)14-7-12(9-17-11-14)10-18-22(2,20)21/h3-9,11,18H,10H2,1-2H3. The molecule has 5 nitrogen and oxygen atoms in total. The molecule has 2 aromatic heterocycles. The van der Waals surface area contributed by atoms with E-state index in [1.165, 1.54) is 5.39 Å². The number of nitrogens with zero attached hydrogens (tertiary/aromatic N) is 2. The highest BCUT2D eigenvalue weighted by molar-refractivity contribution is 7.88. The van der Waals surface area contributed by atoms with Gasteiger partial charge in [-0.15, -0.1) is 0 Å². The van der Waals surface area contributed by atoms with Gasteiger partial charge in [0.15, 0.2) is 0 Å². The van der Waals surface area contributed by atoms with Crippen molar-refractivity contribution < 1.29 is 8.42 Å². The lowest BCUT2D eigenvalue weighted by atomic mass is 10.1. The number of aromatic nitrogens is 2. The zero-order valence-electron chi connectivity index (χ0n) is 12.4. The molecule has 0 spiro atoms. The second kappa shape index (κ2) is 5.55. The predicted molar refractivity (Wildman–Crippen MR) is 87.8 cm³/mol. The summed E-state index contributed by atoms with van der Waals surface area (Å²) in [5.74, 6) is 0. The van der Waals surface area contributed by atoms with Gasteiger partial charge in [-0.05, 0) is 23.8 Å². The Morgan fingerprint density at radius 3 is 2.68 bits per heavy atom. The maximum Gasteiger partial charge on any atom is 0.209 e. The number of rotatable bonds is 4. The maximum absolute atomic E-state index is 11.2. The molecule has 0 unspecified atom stereocenters. The minimum absolute atomic E-state index is 0.240. The van der Waals surface area contributed by atoms with Crippen LogP contribution in [-0.4, -0.2) is 24.2 Å². The van der Waals surface area contributed by atoms with Crippen molar-refractivity contribution in [2.45, 2.75) is 6.54 Å². The van der Waals surface area contributed by atoms with Crippen molar-refractivity contribution in [2.75, 3.05) is 6.26 Å². The first-order valence-corrected chi connectivity index (χ1v) is 8.76. The summed E-state index contributed by atoms with van der Waals surface area (Å²) in [5, 5.41) is 1.17. The first kappa shape index (κ1) is 14.7. The van der Waals surface area contributed by atoms with Crippen LogP contribution >= 0.6 is 0 Å². The van der Waals surface area contributed by atoms with Crippen molar-refractivity contribution in [3.8, 4) is 11.3 Å². The van der Waals surface area contributed by atoms with E-state index in [4.69, 9.17) is 0 Å². The van der Waals surface area contributed by atoms with Crippen LogP contribution in [0.1, 0.15) is 5.56 Å². The zero-order valence-corrected chi connectivity index (χ0v) is 13.3. The summed E-state index contributed by atoms with van der Waals surface area (Å²) in [5.41, 5.74) is 3.99. The van der Waals surface area contributed by atoms with Gasteiger partial charge in [0.2, 0.25) is 10.0 Å². The highest BCUT2D eigenvalue weighted by atomic mass is 32.2. The molecule has 6 heteroatoms. The molecule has 0 radical (unpaired) electrons. The molecular weight excluding hydrogens is 298 g/mol. The van der Waals surface area contributed by atoms with Gasteiger partial charge >= 0.3 is 0 Å². The summed E-state index contributed by atoms with van der Waals surface area (Å²) < 4.78 is 27.0. The summed E-state index contributed by atoms with van der Waals surface area (Å²) in [6.45, 7) is 0.240. The van der Waals surface area contributed by atoms with Gasteiger partial charge < -0.3 is 4.57 Å². The molecule has 1 N–H and O–H groups in total. The molecule has 3 rings (SSSR count). The van der Waals surface area contributed by atoms with Gasteiger partial charge in [-0.3, -0.25) is 4.98 Å². The highest BCUT2D eigenvalue weighted by Gasteiger charge is 2.09. The lowest BCUT2D eigenvalue weighted by Gasteiger charge is -2.07. The van der Waals surface area contributed by atoms with E-state index in [0.717, 1.165) is 28.6 Å². The molecule has 0 aliphatic heterocycles. The van der Waals surface area contributed by atoms with Crippen LogP contribution in [0.2, 0.25) is 0 Å². The molecule has 22 heavy (non-hydrogen) atoms. The fourth-order valence-corrected chi connectivity index (χ4v) is 2.93. The minimum Gasteiger partial charge on any atom is -0.344 e. The van der Waals surface area contributed by atoms with Crippen LogP contribution in [0.4, 0.5) is 0 Å². The molecule has 3 aromatic rings. The molecule has 0 fully saturated rings. The Hall–Kier alpha value is -2.18. The van der Waals surface area contributed by atoms with Crippen LogP contribution in [-0.2, 0) is 23.6 Å². The van der Waals surface area contributed by atoms with Crippen molar-refractivity contribution in [3.63, 3.8) is 0 Å². The number of fused-ring (bicyclic) bond motifs is 1. The van der Waals surface area contributed by atoms with Crippen molar-refractivity contribution in [2.24, 2.45) is 7.05 Å². The van der Waals surface area contributed by atoms with Crippen LogP contribution in [0.5, 0.6) is 0 Å². The summed E-state index contributed by atoms with van der Waals surface area (Å²) in [6.07, 6.45) is 4.61. The maximum atomic E-state index is 11.2. The molecule has 0 aliphatic carbocycles. The minimum atomic E-state index is -3.21. The van der Waals surface area contributed by atoms with Crippen LogP contribution < -0.4 is 4.72 Å². The van der Waals surface area contributed by atoms with E-state index in [2.05, 4.69) is 32.5 Å². The summed E-state index contributed by atoms with van der Waals surface area (Å²) in [6, 6.07) is 12.2. The van der Waals surface area contributed by atoms with Gasteiger partial charge in [0.1, 0.15) is 0 Å². The van der Waals surface area contributed by atoms with Crippen LogP contribution in [0.3, 0.4) is 0 Å². The van der Waals surface area contributed by atoms with E-state index in [9.17, 15) is 8.42 Å². The van der Waals surface area contributed by atoms with Crippen molar-refractivity contribution in [1.29, 1.82) is 0 Å². The quantitative estimate of drug-likeness (QED) is 0.803. The summed E-state index contributed by atoms with van der Waals surface area (Å²) in [4.78, 5) is 4.22. The Balaban J connectivity index is 1.99. The number of aryl methyl sites for hydroxylation is 1. The largest absolute Gasteiger partial charge is 0.344 e. The van der Waals surface area contributed by atoms with Gasteiger partial charge in [0.05, 0.1) is 11.9 Å². The lowest BCUT2D eigenvalue weighted by molar-refractivity contribution is 0.587.